The first-order valence-corrected chi connectivity index (χ1v) is 6.66. The predicted octanol–water partition coefficient (Wildman–Crippen LogP) is 2.40. The van der Waals surface area contributed by atoms with Crippen molar-refractivity contribution in [2.75, 3.05) is 5.32 Å². The maximum absolute atomic E-state index is 11.8. The van der Waals surface area contributed by atoms with E-state index in [-0.39, 0.29) is 11.9 Å². The molecule has 1 unspecified atom stereocenters. The Morgan fingerprint density at radius 1 is 1.56 bits per heavy atom. The van der Waals surface area contributed by atoms with E-state index in [0.717, 1.165) is 17.3 Å². The third-order valence-electron chi connectivity index (χ3n) is 2.81. The van der Waals surface area contributed by atoms with E-state index < -0.39 is 0 Å². The van der Waals surface area contributed by atoms with Gasteiger partial charge in [-0.1, -0.05) is 6.07 Å². The van der Waals surface area contributed by atoms with Gasteiger partial charge < -0.3 is 10.6 Å². The first-order chi connectivity index (χ1) is 8.61. The summed E-state index contributed by atoms with van der Waals surface area (Å²) in [5, 5.41) is 15.1. The molecule has 4 nitrogen and oxygen atoms in total. The van der Waals surface area contributed by atoms with Gasteiger partial charge >= 0.3 is 0 Å². The van der Waals surface area contributed by atoms with Crippen molar-refractivity contribution >= 4 is 27.5 Å². The molecule has 0 aromatic heterocycles. The number of nitriles is 1. The third kappa shape index (κ3) is 3.02. The van der Waals surface area contributed by atoms with Gasteiger partial charge in [-0.05, 0) is 47.8 Å². The minimum Gasteiger partial charge on any atom is -0.373 e. The number of rotatable bonds is 4. The summed E-state index contributed by atoms with van der Waals surface area (Å²) < 4.78 is 0.727. The smallest absolute Gasteiger partial charge is 0.242 e. The molecule has 0 aliphatic heterocycles. The van der Waals surface area contributed by atoms with Crippen molar-refractivity contribution < 1.29 is 4.79 Å². The summed E-state index contributed by atoms with van der Waals surface area (Å²) in [6.07, 6.45) is 2.14. The van der Waals surface area contributed by atoms with E-state index in [4.69, 9.17) is 5.26 Å². The van der Waals surface area contributed by atoms with E-state index in [0.29, 0.717) is 17.3 Å². The molecular weight excluding hydrogens is 294 g/mol. The first kappa shape index (κ1) is 12.9. The van der Waals surface area contributed by atoms with E-state index in [1.54, 1.807) is 19.1 Å². The summed E-state index contributed by atoms with van der Waals surface area (Å²) in [7, 11) is 0. The average Bonchev–Trinajstić information content (AvgIpc) is 3.13. The van der Waals surface area contributed by atoms with Crippen molar-refractivity contribution in [1.82, 2.24) is 5.32 Å². The molecule has 0 radical (unpaired) electrons. The number of halogens is 1. The molecule has 1 aliphatic rings. The molecule has 0 saturated heterocycles. The highest BCUT2D eigenvalue weighted by atomic mass is 79.9. The zero-order valence-electron chi connectivity index (χ0n) is 10.0. The molecule has 0 spiro atoms. The lowest BCUT2D eigenvalue weighted by Gasteiger charge is -2.16. The Morgan fingerprint density at radius 3 is 2.89 bits per heavy atom. The quantitative estimate of drug-likeness (QED) is 0.897. The molecule has 94 valence electrons. The second-order valence-corrected chi connectivity index (χ2v) is 5.28. The molecule has 1 aromatic rings. The zero-order chi connectivity index (χ0) is 13.1. The van der Waals surface area contributed by atoms with Crippen LogP contribution in [0.25, 0.3) is 0 Å². The maximum atomic E-state index is 11.8. The van der Waals surface area contributed by atoms with Crippen LogP contribution in [-0.2, 0) is 4.79 Å². The number of nitrogens with one attached hydrogen (secondary N) is 2. The molecular formula is C13H14BrN3O. The molecule has 1 aromatic carbocycles. The van der Waals surface area contributed by atoms with Crippen molar-refractivity contribution in [2.24, 2.45) is 0 Å². The molecule has 1 fully saturated rings. The van der Waals surface area contributed by atoms with E-state index in [9.17, 15) is 4.79 Å². The topological polar surface area (TPSA) is 64.9 Å². The van der Waals surface area contributed by atoms with Crippen LogP contribution in [0.5, 0.6) is 0 Å². The van der Waals surface area contributed by atoms with Gasteiger partial charge in [0.15, 0.2) is 0 Å². The standard InChI is InChI=1S/C13H14BrN3O/c1-8(13(18)17-9-5-6-9)16-12-4-2-3-11(14)10(12)7-15/h2-4,8-9,16H,5-6H2,1H3,(H,17,18). The van der Waals surface area contributed by atoms with E-state index in [2.05, 4.69) is 32.6 Å². The summed E-state index contributed by atoms with van der Waals surface area (Å²) >= 11 is 3.32. The Labute approximate surface area is 115 Å². The van der Waals surface area contributed by atoms with E-state index in [1.807, 2.05) is 6.07 Å². The predicted molar refractivity (Wildman–Crippen MR) is 73.1 cm³/mol. The molecule has 1 amide bonds. The van der Waals surface area contributed by atoms with Gasteiger partial charge in [0.1, 0.15) is 12.1 Å². The van der Waals surface area contributed by atoms with Gasteiger partial charge in [0.05, 0.1) is 11.3 Å². The summed E-state index contributed by atoms with van der Waals surface area (Å²) in [4.78, 5) is 11.8. The lowest BCUT2D eigenvalue weighted by atomic mass is 10.1. The number of anilines is 1. The van der Waals surface area contributed by atoms with Crippen LogP contribution in [0.4, 0.5) is 5.69 Å². The molecule has 2 N–H and O–H groups in total. The van der Waals surface area contributed by atoms with Crippen LogP contribution in [0.15, 0.2) is 22.7 Å². The van der Waals surface area contributed by atoms with Crippen LogP contribution < -0.4 is 10.6 Å². The Bertz CT molecular complexity index is 505. The van der Waals surface area contributed by atoms with Gasteiger partial charge in [-0.25, -0.2) is 0 Å². The summed E-state index contributed by atoms with van der Waals surface area (Å²) in [5.41, 5.74) is 1.19. The monoisotopic (exact) mass is 307 g/mol. The van der Waals surface area contributed by atoms with Crippen LogP contribution >= 0.6 is 15.9 Å². The summed E-state index contributed by atoms with van der Waals surface area (Å²) in [6.45, 7) is 1.79. The van der Waals surface area contributed by atoms with Gasteiger partial charge in [-0.3, -0.25) is 4.79 Å². The highest BCUT2D eigenvalue weighted by molar-refractivity contribution is 9.10. The number of amides is 1. The van der Waals surface area contributed by atoms with E-state index in [1.165, 1.54) is 0 Å². The highest BCUT2D eigenvalue weighted by Gasteiger charge is 2.25. The average molecular weight is 308 g/mol. The molecule has 1 saturated carbocycles. The first-order valence-electron chi connectivity index (χ1n) is 5.87. The minimum absolute atomic E-state index is 0.0265. The van der Waals surface area contributed by atoms with Crippen LogP contribution in [0, 0.1) is 11.3 Å². The number of hydrogen-bond donors (Lipinski definition) is 2. The highest BCUT2D eigenvalue weighted by Crippen LogP contribution is 2.24. The second-order valence-electron chi connectivity index (χ2n) is 4.42. The Hall–Kier alpha value is -1.54. The Morgan fingerprint density at radius 2 is 2.28 bits per heavy atom. The Kier molecular flexibility index (Phi) is 3.87. The molecule has 0 heterocycles. The maximum Gasteiger partial charge on any atom is 0.242 e. The second kappa shape index (κ2) is 5.40. The zero-order valence-corrected chi connectivity index (χ0v) is 11.6. The minimum atomic E-state index is -0.355. The lowest BCUT2D eigenvalue weighted by molar-refractivity contribution is -0.121. The fraction of sp³-hybridized carbons (Fsp3) is 0.385. The van der Waals surface area contributed by atoms with Crippen LogP contribution in [0.2, 0.25) is 0 Å². The van der Waals surface area contributed by atoms with Gasteiger partial charge in [-0.2, -0.15) is 5.26 Å². The molecule has 0 bridgehead atoms. The molecule has 2 rings (SSSR count). The van der Waals surface area contributed by atoms with Crippen molar-refractivity contribution in [1.29, 1.82) is 5.26 Å². The van der Waals surface area contributed by atoms with Crippen molar-refractivity contribution in [3.63, 3.8) is 0 Å². The third-order valence-corrected chi connectivity index (χ3v) is 3.48. The van der Waals surface area contributed by atoms with Crippen LogP contribution in [0.3, 0.4) is 0 Å². The van der Waals surface area contributed by atoms with Crippen molar-refractivity contribution in [2.45, 2.75) is 31.8 Å². The number of benzene rings is 1. The fourth-order valence-electron chi connectivity index (χ4n) is 1.61. The molecule has 1 aliphatic carbocycles. The summed E-state index contributed by atoms with van der Waals surface area (Å²) in [5.74, 6) is -0.0265. The number of hydrogen-bond acceptors (Lipinski definition) is 3. The van der Waals surface area contributed by atoms with Crippen LogP contribution in [-0.4, -0.2) is 18.0 Å². The number of nitrogens with zero attached hydrogens (tertiary/aromatic N) is 1. The van der Waals surface area contributed by atoms with Gasteiger partial charge in [0.2, 0.25) is 5.91 Å². The molecule has 5 heteroatoms. The van der Waals surface area contributed by atoms with Crippen LogP contribution in [0.1, 0.15) is 25.3 Å². The molecule has 18 heavy (non-hydrogen) atoms. The van der Waals surface area contributed by atoms with Gasteiger partial charge in [-0.15, -0.1) is 0 Å². The SMILES string of the molecule is CC(Nc1cccc(Br)c1C#N)C(=O)NC1CC1. The van der Waals surface area contributed by atoms with Crippen molar-refractivity contribution in [3.8, 4) is 6.07 Å². The van der Waals surface area contributed by atoms with Gasteiger partial charge in [0.25, 0.3) is 0 Å². The van der Waals surface area contributed by atoms with Crippen molar-refractivity contribution in [3.05, 3.63) is 28.2 Å². The normalized spacial score (nSPS) is 15.6. The summed E-state index contributed by atoms with van der Waals surface area (Å²) in [6, 6.07) is 7.54. The fourth-order valence-corrected chi connectivity index (χ4v) is 2.07. The lowest BCUT2D eigenvalue weighted by Crippen LogP contribution is -2.38. The largest absolute Gasteiger partial charge is 0.373 e. The van der Waals surface area contributed by atoms with E-state index >= 15 is 0 Å². The Balaban J connectivity index is 2.06. The number of carbonyl (C=O) groups is 1. The number of carbonyl (C=O) groups excluding carboxylic acids is 1. The van der Waals surface area contributed by atoms with Gasteiger partial charge in [0, 0.05) is 10.5 Å². The molecule has 1 atom stereocenters.